The summed E-state index contributed by atoms with van der Waals surface area (Å²) in [5, 5.41) is 11.9. The number of hydrogen-bond donors (Lipinski definition) is 1. The lowest BCUT2D eigenvalue weighted by atomic mass is 9.95. The summed E-state index contributed by atoms with van der Waals surface area (Å²) in [4.78, 5) is 29.6. The Morgan fingerprint density at radius 3 is 2.31 bits per heavy atom. The second kappa shape index (κ2) is 9.21. The van der Waals surface area contributed by atoms with Gasteiger partial charge < -0.3 is 14.9 Å². The van der Waals surface area contributed by atoms with Gasteiger partial charge in [0.05, 0.1) is 4.88 Å². The Bertz CT molecular complexity index is 1080. The standard InChI is InChI=1S/C22H27N3O5S2/c1-16-4-5-18(26)20(15-16)32(29,30)25-12-10-24(11-13-25)21(27)17-6-8-23(9-7-17)22(28)19-3-2-14-31-19/h2-5,14-15,17,26H,6-13H2,1H3. The number of thiophene rings is 1. The molecule has 2 saturated heterocycles. The van der Waals surface area contributed by atoms with Crippen LogP contribution in [0.2, 0.25) is 0 Å². The molecule has 2 aromatic rings. The van der Waals surface area contributed by atoms with Crippen LogP contribution >= 0.6 is 11.3 Å². The third-order valence-electron chi connectivity index (χ3n) is 6.15. The molecule has 1 aromatic heterocycles. The molecule has 0 radical (unpaired) electrons. The van der Waals surface area contributed by atoms with Gasteiger partial charge in [0.2, 0.25) is 15.9 Å². The highest BCUT2D eigenvalue weighted by molar-refractivity contribution is 7.89. The number of benzene rings is 1. The van der Waals surface area contributed by atoms with Crippen molar-refractivity contribution in [2.75, 3.05) is 39.3 Å². The number of likely N-dealkylation sites (tertiary alicyclic amines) is 1. The van der Waals surface area contributed by atoms with Crippen LogP contribution in [0.3, 0.4) is 0 Å². The predicted molar refractivity (Wildman–Crippen MR) is 121 cm³/mol. The van der Waals surface area contributed by atoms with E-state index in [9.17, 15) is 23.1 Å². The van der Waals surface area contributed by atoms with Gasteiger partial charge in [-0.2, -0.15) is 4.31 Å². The van der Waals surface area contributed by atoms with Gasteiger partial charge in [0.15, 0.2) is 0 Å². The number of aryl methyl sites for hydroxylation is 1. The van der Waals surface area contributed by atoms with Crippen molar-refractivity contribution in [3.8, 4) is 5.75 Å². The van der Waals surface area contributed by atoms with Gasteiger partial charge >= 0.3 is 0 Å². The number of amides is 2. The monoisotopic (exact) mass is 477 g/mol. The predicted octanol–water partition coefficient (Wildman–Crippen LogP) is 2.15. The zero-order valence-corrected chi connectivity index (χ0v) is 19.6. The number of carbonyl (C=O) groups excluding carboxylic acids is 2. The minimum atomic E-state index is -3.83. The van der Waals surface area contributed by atoms with E-state index in [-0.39, 0.29) is 41.5 Å². The number of rotatable bonds is 4. The number of phenols is 1. The van der Waals surface area contributed by atoms with Crippen LogP contribution in [0, 0.1) is 12.8 Å². The number of piperazine rings is 1. The molecule has 10 heteroatoms. The van der Waals surface area contributed by atoms with Crippen molar-refractivity contribution < 1.29 is 23.1 Å². The number of aromatic hydroxyl groups is 1. The van der Waals surface area contributed by atoms with Crippen molar-refractivity contribution >= 4 is 33.2 Å². The van der Waals surface area contributed by atoms with Gasteiger partial charge in [-0.1, -0.05) is 12.1 Å². The van der Waals surface area contributed by atoms with E-state index < -0.39 is 10.0 Å². The summed E-state index contributed by atoms with van der Waals surface area (Å²) in [6, 6.07) is 8.18. The molecular formula is C22H27N3O5S2. The molecule has 1 aromatic carbocycles. The first-order valence-corrected chi connectivity index (χ1v) is 13.0. The summed E-state index contributed by atoms with van der Waals surface area (Å²) in [5.41, 5.74) is 0.749. The Kier molecular flexibility index (Phi) is 6.55. The van der Waals surface area contributed by atoms with Crippen LogP contribution in [0.1, 0.15) is 28.1 Å². The van der Waals surface area contributed by atoms with Gasteiger partial charge in [-0.15, -0.1) is 11.3 Å². The first-order chi connectivity index (χ1) is 15.3. The van der Waals surface area contributed by atoms with Gasteiger partial charge in [0.1, 0.15) is 10.6 Å². The van der Waals surface area contributed by atoms with Crippen LogP contribution in [0.15, 0.2) is 40.6 Å². The highest BCUT2D eigenvalue weighted by atomic mass is 32.2. The summed E-state index contributed by atoms with van der Waals surface area (Å²) in [6.45, 7) is 3.89. The number of nitrogens with zero attached hydrogens (tertiary/aromatic N) is 3. The molecule has 2 fully saturated rings. The van der Waals surface area contributed by atoms with Crippen molar-refractivity contribution in [1.29, 1.82) is 0 Å². The summed E-state index contributed by atoms with van der Waals surface area (Å²) in [5.74, 6) is -0.364. The van der Waals surface area contributed by atoms with Crippen LogP contribution in [-0.2, 0) is 14.8 Å². The third kappa shape index (κ3) is 4.53. The minimum Gasteiger partial charge on any atom is -0.507 e. The van der Waals surface area contributed by atoms with Gasteiger partial charge in [0.25, 0.3) is 5.91 Å². The second-order valence-corrected chi connectivity index (χ2v) is 11.1. The van der Waals surface area contributed by atoms with E-state index in [2.05, 4.69) is 0 Å². The van der Waals surface area contributed by atoms with E-state index in [1.165, 1.54) is 27.8 Å². The minimum absolute atomic E-state index is 0.0177. The smallest absolute Gasteiger partial charge is 0.263 e. The van der Waals surface area contributed by atoms with Crippen LogP contribution in [-0.4, -0.2) is 78.7 Å². The Balaban J connectivity index is 1.32. The van der Waals surface area contributed by atoms with Crippen molar-refractivity contribution in [3.05, 3.63) is 46.2 Å². The summed E-state index contributed by atoms with van der Waals surface area (Å²) >= 11 is 1.42. The van der Waals surface area contributed by atoms with E-state index >= 15 is 0 Å². The molecular weight excluding hydrogens is 450 g/mol. The summed E-state index contributed by atoms with van der Waals surface area (Å²) in [7, 11) is -3.83. The fraction of sp³-hybridized carbons (Fsp3) is 0.455. The fourth-order valence-corrected chi connectivity index (χ4v) is 6.54. The van der Waals surface area contributed by atoms with Gasteiger partial charge in [-0.05, 0) is 48.9 Å². The maximum atomic E-state index is 13.0. The molecule has 0 atom stereocenters. The average molecular weight is 478 g/mol. The first-order valence-electron chi connectivity index (χ1n) is 10.7. The Labute approximate surface area is 192 Å². The van der Waals surface area contributed by atoms with Crippen LogP contribution in [0.4, 0.5) is 0 Å². The van der Waals surface area contributed by atoms with Crippen molar-refractivity contribution in [1.82, 2.24) is 14.1 Å². The van der Waals surface area contributed by atoms with E-state index in [0.29, 0.717) is 43.9 Å². The molecule has 0 aliphatic carbocycles. The Hall–Kier alpha value is -2.43. The topological polar surface area (TPSA) is 98.2 Å². The second-order valence-electron chi connectivity index (χ2n) is 8.24. The van der Waals surface area contributed by atoms with Gasteiger partial charge in [0, 0.05) is 45.2 Å². The Morgan fingerprint density at radius 2 is 1.69 bits per heavy atom. The average Bonchev–Trinajstić information content (AvgIpc) is 3.35. The van der Waals surface area contributed by atoms with Crippen molar-refractivity contribution in [3.63, 3.8) is 0 Å². The lowest BCUT2D eigenvalue weighted by Crippen LogP contribution is -2.53. The molecule has 1 N–H and O–H groups in total. The summed E-state index contributed by atoms with van der Waals surface area (Å²) in [6.07, 6.45) is 1.23. The largest absolute Gasteiger partial charge is 0.507 e. The van der Waals surface area contributed by atoms with E-state index in [1.54, 1.807) is 22.8 Å². The molecule has 0 unspecified atom stereocenters. The highest BCUT2D eigenvalue weighted by Crippen LogP contribution is 2.28. The number of phenolic OH excluding ortho intramolecular Hbond substituents is 1. The molecule has 0 bridgehead atoms. The maximum absolute atomic E-state index is 13.0. The zero-order valence-electron chi connectivity index (χ0n) is 17.9. The molecule has 4 rings (SSSR count). The lowest BCUT2D eigenvalue weighted by Gasteiger charge is -2.38. The SMILES string of the molecule is Cc1ccc(O)c(S(=O)(=O)N2CCN(C(=O)C3CCN(C(=O)c4cccs4)CC3)CC2)c1. The molecule has 32 heavy (non-hydrogen) atoms. The normalized spacial score (nSPS) is 18.7. The molecule has 0 spiro atoms. The molecule has 2 aliphatic rings. The fourth-order valence-electron chi connectivity index (χ4n) is 4.26. The van der Waals surface area contributed by atoms with E-state index in [4.69, 9.17) is 0 Å². The first kappa shape index (κ1) is 22.8. The van der Waals surface area contributed by atoms with Crippen LogP contribution in [0.25, 0.3) is 0 Å². The summed E-state index contributed by atoms with van der Waals surface area (Å²) < 4.78 is 27.3. The van der Waals surface area contributed by atoms with E-state index in [1.807, 2.05) is 17.5 Å². The van der Waals surface area contributed by atoms with Gasteiger partial charge in [-0.3, -0.25) is 9.59 Å². The molecule has 2 aliphatic heterocycles. The molecule has 172 valence electrons. The quantitative estimate of drug-likeness (QED) is 0.728. The number of sulfonamides is 1. The van der Waals surface area contributed by atoms with Crippen molar-refractivity contribution in [2.45, 2.75) is 24.7 Å². The molecule has 2 amide bonds. The highest BCUT2D eigenvalue weighted by Gasteiger charge is 2.35. The third-order valence-corrected chi connectivity index (χ3v) is 8.93. The van der Waals surface area contributed by atoms with E-state index in [0.717, 1.165) is 5.56 Å². The number of piperidine rings is 1. The molecule has 3 heterocycles. The molecule has 0 saturated carbocycles. The number of carbonyl (C=O) groups is 2. The van der Waals surface area contributed by atoms with Crippen LogP contribution < -0.4 is 0 Å². The number of hydrogen-bond acceptors (Lipinski definition) is 6. The van der Waals surface area contributed by atoms with Crippen LogP contribution in [0.5, 0.6) is 5.75 Å². The lowest BCUT2D eigenvalue weighted by molar-refractivity contribution is -0.138. The maximum Gasteiger partial charge on any atom is 0.263 e. The zero-order chi connectivity index (χ0) is 22.9. The van der Waals surface area contributed by atoms with Crippen molar-refractivity contribution in [2.24, 2.45) is 5.92 Å². The van der Waals surface area contributed by atoms with Gasteiger partial charge in [-0.25, -0.2) is 8.42 Å². The Morgan fingerprint density at radius 1 is 1.00 bits per heavy atom. The molecule has 8 nitrogen and oxygen atoms in total.